The molecule has 3 rings (SSSR count). The van der Waals surface area contributed by atoms with Crippen molar-refractivity contribution in [1.29, 1.82) is 0 Å². The number of Topliss-reactive ketones (excluding diaryl/α,β-unsaturated/α-hetero) is 1. The van der Waals surface area contributed by atoms with Gasteiger partial charge in [-0.05, 0) is 19.3 Å². The Kier molecular flexibility index (Phi) is 3.20. The SMILES string of the molecule is O=C1CC[C@@H]2OCC3C(=O)OCC/C=C/CC1[C@@H]32. The summed E-state index contributed by atoms with van der Waals surface area (Å²) in [6, 6.07) is 0. The lowest BCUT2D eigenvalue weighted by atomic mass is 9.70. The number of hydrogen-bond donors (Lipinski definition) is 0. The highest BCUT2D eigenvalue weighted by Crippen LogP contribution is 2.42. The summed E-state index contributed by atoms with van der Waals surface area (Å²) >= 11 is 0. The molecule has 0 spiro atoms. The van der Waals surface area contributed by atoms with E-state index in [4.69, 9.17) is 9.47 Å². The fourth-order valence-corrected chi connectivity index (χ4v) is 3.42. The summed E-state index contributed by atoms with van der Waals surface area (Å²) in [5.41, 5.74) is 0. The van der Waals surface area contributed by atoms with Crippen molar-refractivity contribution in [2.24, 2.45) is 17.8 Å². The molecule has 2 heterocycles. The monoisotopic (exact) mass is 250 g/mol. The number of cyclic esters (lactones) is 1. The minimum atomic E-state index is -0.240. The molecule has 0 aromatic carbocycles. The van der Waals surface area contributed by atoms with Gasteiger partial charge in [0.1, 0.15) is 5.78 Å². The van der Waals surface area contributed by atoms with E-state index in [1.165, 1.54) is 0 Å². The number of esters is 1. The van der Waals surface area contributed by atoms with Crippen molar-refractivity contribution in [2.75, 3.05) is 13.2 Å². The highest BCUT2D eigenvalue weighted by atomic mass is 16.5. The van der Waals surface area contributed by atoms with Gasteiger partial charge in [0.25, 0.3) is 0 Å². The van der Waals surface area contributed by atoms with E-state index in [1.54, 1.807) is 0 Å². The van der Waals surface area contributed by atoms with Crippen LogP contribution in [0, 0.1) is 17.8 Å². The lowest BCUT2D eigenvalue weighted by Gasteiger charge is -2.33. The molecule has 0 bridgehead atoms. The smallest absolute Gasteiger partial charge is 0.311 e. The molecular weight excluding hydrogens is 232 g/mol. The number of allylic oxidation sites excluding steroid dienone is 1. The third-order valence-corrected chi connectivity index (χ3v) is 4.33. The van der Waals surface area contributed by atoms with E-state index in [0.29, 0.717) is 19.6 Å². The summed E-state index contributed by atoms with van der Waals surface area (Å²) in [5.74, 6) is -0.169. The van der Waals surface area contributed by atoms with Crippen LogP contribution in [0.5, 0.6) is 0 Å². The minimum Gasteiger partial charge on any atom is -0.465 e. The molecule has 18 heavy (non-hydrogen) atoms. The Labute approximate surface area is 106 Å². The van der Waals surface area contributed by atoms with Crippen LogP contribution in [0.25, 0.3) is 0 Å². The van der Waals surface area contributed by atoms with Gasteiger partial charge in [0.2, 0.25) is 0 Å². The van der Waals surface area contributed by atoms with Gasteiger partial charge in [0.05, 0.1) is 25.2 Å². The van der Waals surface area contributed by atoms with Crippen molar-refractivity contribution in [3.8, 4) is 0 Å². The molecule has 3 aliphatic rings. The van der Waals surface area contributed by atoms with Gasteiger partial charge in [-0.25, -0.2) is 0 Å². The molecule has 0 radical (unpaired) electrons. The summed E-state index contributed by atoms with van der Waals surface area (Å²) in [7, 11) is 0. The second-order valence-electron chi connectivity index (χ2n) is 5.33. The molecule has 4 nitrogen and oxygen atoms in total. The maximum atomic E-state index is 12.1. The van der Waals surface area contributed by atoms with Gasteiger partial charge in [-0.3, -0.25) is 9.59 Å². The summed E-state index contributed by atoms with van der Waals surface area (Å²) in [6.07, 6.45) is 6.94. The first-order valence-electron chi connectivity index (χ1n) is 6.73. The molecule has 2 fully saturated rings. The Morgan fingerprint density at radius 3 is 2.94 bits per heavy atom. The van der Waals surface area contributed by atoms with Crippen LogP contribution in [0.3, 0.4) is 0 Å². The van der Waals surface area contributed by atoms with Crippen LogP contribution >= 0.6 is 0 Å². The molecular formula is C14H18O4. The molecule has 0 aromatic heterocycles. The highest BCUT2D eigenvalue weighted by Gasteiger charge is 2.50. The fourth-order valence-electron chi connectivity index (χ4n) is 3.42. The molecule has 1 saturated carbocycles. The summed E-state index contributed by atoms with van der Waals surface area (Å²) < 4.78 is 11.0. The maximum absolute atomic E-state index is 12.1. The van der Waals surface area contributed by atoms with Crippen LogP contribution < -0.4 is 0 Å². The van der Waals surface area contributed by atoms with Gasteiger partial charge < -0.3 is 9.47 Å². The number of hydrogen-bond acceptors (Lipinski definition) is 4. The van der Waals surface area contributed by atoms with Crippen LogP contribution in [-0.2, 0) is 19.1 Å². The molecule has 2 unspecified atom stereocenters. The lowest BCUT2D eigenvalue weighted by Crippen LogP contribution is -2.41. The Bertz CT molecular complexity index is 387. The van der Waals surface area contributed by atoms with Crippen molar-refractivity contribution in [3.05, 3.63) is 12.2 Å². The second kappa shape index (κ2) is 4.84. The normalized spacial score (nSPS) is 42.0. The third-order valence-electron chi connectivity index (χ3n) is 4.33. The molecule has 0 N–H and O–H groups in total. The number of ketones is 1. The van der Waals surface area contributed by atoms with E-state index >= 15 is 0 Å². The van der Waals surface area contributed by atoms with Crippen LogP contribution in [0.15, 0.2) is 12.2 Å². The van der Waals surface area contributed by atoms with Gasteiger partial charge in [0.15, 0.2) is 0 Å². The van der Waals surface area contributed by atoms with Gasteiger partial charge >= 0.3 is 5.97 Å². The Morgan fingerprint density at radius 1 is 1.17 bits per heavy atom. The molecule has 0 amide bonds. The summed E-state index contributed by atoms with van der Waals surface area (Å²) in [6.45, 7) is 0.851. The Morgan fingerprint density at radius 2 is 2.06 bits per heavy atom. The van der Waals surface area contributed by atoms with E-state index in [9.17, 15) is 9.59 Å². The van der Waals surface area contributed by atoms with Gasteiger partial charge in [-0.2, -0.15) is 0 Å². The maximum Gasteiger partial charge on any atom is 0.311 e. The number of carbonyl (C=O) groups excluding carboxylic acids is 2. The number of ether oxygens (including phenoxy) is 2. The van der Waals surface area contributed by atoms with E-state index in [2.05, 4.69) is 6.08 Å². The predicted octanol–water partition coefficient (Wildman–Crippen LogP) is 1.49. The zero-order valence-electron chi connectivity index (χ0n) is 10.3. The van der Waals surface area contributed by atoms with Crippen LogP contribution in [0.2, 0.25) is 0 Å². The van der Waals surface area contributed by atoms with Crippen molar-refractivity contribution in [1.82, 2.24) is 0 Å². The highest BCUT2D eigenvalue weighted by molar-refractivity contribution is 5.84. The molecule has 0 aromatic rings. The van der Waals surface area contributed by atoms with Crippen LogP contribution in [0.4, 0.5) is 0 Å². The molecule has 4 heteroatoms. The van der Waals surface area contributed by atoms with Gasteiger partial charge in [-0.15, -0.1) is 0 Å². The number of rotatable bonds is 0. The van der Waals surface area contributed by atoms with Gasteiger partial charge in [0, 0.05) is 18.3 Å². The molecule has 1 aliphatic carbocycles. The Balaban J connectivity index is 1.90. The van der Waals surface area contributed by atoms with E-state index < -0.39 is 0 Å². The van der Waals surface area contributed by atoms with Gasteiger partial charge in [-0.1, -0.05) is 12.2 Å². The van der Waals surface area contributed by atoms with Crippen molar-refractivity contribution in [2.45, 2.75) is 31.8 Å². The van der Waals surface area contributed by atoms with Crippen molar-refractivity contribution in [3.63, 3.8) is 0 Å². The molecule has 2 aliphatic heterocycles. The average Bonchev–Trinajstić information content (AvgIpc) is 2.79. The molecule has 1 saturated heterocycles. The van der Waals surface area contributed by atoms with Crippen LogP contribution in [0.1, 0.15) is 25.7 Å². The summed E-state index contributed by atoms with van der Waals surface area (Å²) in [5, 5.41) is 0. The van der Waals surface area contributed by atoms with E-state index in [1.807, 2.05) is 6.08 Å². The number of carbonyl (C=O) groups is 2. The zero-order chi connectivity index (χ0) is 12.5. The Hall–Kier alpha value is -1.16. The van der Waals surface area contributed by atoms with Crippen molar-refractivity contribution >= 4 is 11.8 Å². The topological polar surface area (TPSA) is 52.6 Å². The standard InChI is InChI=1S/C14H18O4/c15-11-5-6-12-13-9(11)4-2-1-3-7-17-14(16)10(13)8-18-12/h1-2,9-10,12-13H,3-8H2/b2-1+/t9?,10?,12-,13-/m0/s1. The largest absolute Gasteiger partial charge is 0.465 e. The fraction of sp³-hybridized carbons (Fsp3) is 0.714. The minimum absolute atomic E-state index is 0.0292. The molecule has 4 atom stereocenters. The average molecular weight is 250 g/mol. The quantitative estimate of drug-likeness (QED) is 0.483. The van der Waals surface area contributed by atoms with Crippen molar-refractivity contribution < 1.29 is 19.1 Å². The predicted molar refractivity (Wildman–Crippen MR) is 63.8 cm³/mol. The zero-order valence-corrected chi connectivity index (χ0v) is 10.3. The first-order valence-corrected chi connectivity index (χ1v) is 6.73. The summed E-state index contributed by atoms with van der Waals surface area (Å²) in [4.78, 5) is 24.1. The molecule has 98 valence electrons. The van der Waals surface area contributed by atoms with Crippen LogP contribution in [-0.4, -0.2) is 31.1 Å². The first-order chi connectivity index (χ1) is 8.77. The second-order valence-corrected chi connectivity index (χ2v) is 5.33. The third kappa shape index (κ3) is 1.99. The van der Waals surface area contributed by atoms with E-state index in [-0.39, 0.29) is 35.6 Å². The van der Waals surface area contributed by atoms with E-state index in [0.717, 1.165) is 19.3 Å². The first kappa shape index (κ1) is 11.9. The lowest BCUT2D eigenvalue weighted by molar-refractivity contribution is -0.151.